The molecule has 2 aliphatic rings. The molecular weight excluding hydrogens is 531 g/mol. The van der Waals surface area contributed by atoms with Gasteiger partial charge in [0.1, 0.15) is 18.1 Å². The number of halogens is 4. The van der Waals surface area contributed by atoms with Gasteiger partial charge in [-0.3, -0.25) is 19.4 Å². The molecule has 1 saturated carbocycles. The van der Waals surface area contributed by atoms with Crippen LogP contribution < -0.4 is 10.6 Å². The van der Waals surface area contributed by atoms with E-state index in [0.29, 0.717) is 10.0 Å². The number of piperidine rings is 1. The number of hydrogen-bond donors (Lipinski definition) is 2. The number of nitrogens with zero attached hydrogens (tertiary/aromatic N) is 3. The van der Waals surface area contributed by atoms with E-state index in [1.165, 1.54) is 38.1 Å². The van der Waals surface area contributed by atoms with Crippen molar-refractivity contribution in [2.75, 3.05) is 6.54 Å². The van der Waals surface area contributed by atoms with Crippen LogP contribution in [0.25, 0.3) is 0 Å². The normalized spacial score (nSPS) is 24.6. The van der Waals surface area contributed by atoms with Crippen molar-refractivity contribution in [3.63, 3.8) is 0 Å². The molecule has 1 unspecified atom stereocenters. The summed E-state index contributed by atoms with van der Waals surface area (Å²) in [5.41, 5.74) is -0.883. The van der Waals surface area contributed by atoms with Crippen molar-refractivity contribution in [1.29, 1.82) is 5.26 Å². The number of fused-ring (bicyclic) bond motifs is 1. The summed E-state index contributed by atoms with van der Waals surface area (Å²) in [5, 5.41) is 14.1. The Kier molecular flexibility index (Phi) is 6.98. The average molecular weight is 558 g/mol. The smallest absolute Gasteiger partial charge is 0.336 e. The Morgan fingerprint density at radius 3 is 2.37 bits per heavy atom. The Labute approximate surface area is 209 Å². The van der Waals surface area contributed by atoms with Crippen LogP contribution in [-0.4, -0.2) is 52.4 Å². The zero-order valence-corrected chi connectivity index (χ0v) is 21.5. The van der Waals surface area contributed by atoms with E-state index in [2.05, 4.69) is 26.2 Å². The molecule has 1 saturated heterocycles. The number of rotatable bonds is 5. The number of carbonyl (C=O) groups excluding carboxylic acids is 3. The molecule has 0 spiro atoms. The van der Waals surface area contributed by atoms with Crippen LogP contribution in [-0.2, 0) is 14.4 Å². The maximum Gasteiger partial charge on any atom is 0.471 e. The molecule has 5 atom stereocenters. The summed E-state index contributed by atoms with van der Waals surface area (Å²) in [6.07, 6.45) is -2.20. The van der Waals surface area contributed by atoms with Gasteiger partial charge < -0.3 is 15.5 Å². The van der Waals surface area contributed by atoms with Crippen molar-refractivity contribution in [3.8, 4) is 6.07 Å². The number of carbonyl (C=O) groups is 3. The molecule has 2 heterocycles. The predicted octanol–water partition coefficient (Wildman–Crippen LogP) is 3.10. The second-order valence-electron chi connectivity index (χ2n) is 10.7. The van der Waals surface area contributed by atoms with Gasteiger partial charge in [0.25, 0.3) is 0 Å². The van der Waals surface area contributed by atoms with Crippen molar-refractivity contribution < 1.29 is 27.6 Å². The van der Waals surface area contributed by atoms with Crippen molar-refractivity contribution in [2.24, 2.45) is 22.7 Å². The summed E-state index contributed by atoms with van der Waals surface area (Å²) in [4.78, 5) is 43.8. The zero-order chi connectivity index (χ0) is 26.5. The lowest BCUT2D eigenvalue weighted by Gasteiger charge is -2.37. The molecule has 1 aromatic rings. The third kappa shape index (κ3) is 5.29. The first-order valence-electron chi connectivity index (χ1n) is 11.0. The highest BCUT2D eigenvalue weighted by molar-refractivity contribution is 9.10. The second-order valence-corrected chi connectivity index (χ2v) is 11.6. The molecule has 35 heavy (non-hydrogen) atoms. The van der Waals surface area contributed by atoms with Crippen molar-refractivity contribution in [1.82, 2.24) is 20.5 Å². The van der Waals surface area contributed by atoms with E-state index in [-0.39, 0.29) is 23.8 Å². The highest BCUT2D eigenvalue weighted by atomic mass is 79.9. The van der Waals surface area contributed by atoms with Gasteiger partial charge in [-0.1, -0.05) is 34.6 Å². The molecule has 0 radical (unpaired) electrons. The van der Waals surface area contributed by atoms with E-state index in [1.807, 2.05) is 25.2 Å². The largest absolute Gasteiger partial charge is 0.471 e. The Balaban J connectivity index is 1.88. The number of aromatic nitrogens is 1. The molecule has 2 fully saturated rings. The number of alkyl halides is 3. The van der Waals surface area contributed by atoms with Gasteiger partial charge >= 0.3 is 12.1 Å². The summed E-state index contributed by atoms with van der Waals surface area (Å²) in [7, 11) is 0. The Hall–Kier alpha value is -2.68. The lowest BCUT2D eigenvalue weighted by atomic mass is 9.85. The molecule has 0 aromatic carbocycles. The van der Waals surface area contributed by atoms with Crippen LogP contribution in [0.1, 0.15) is 46.2 Å². The van der Waals surface area contributed by atoms with E-state index in [9.17, 15) is 32.8 Å². The molecule has 0 bridgehead atoms. The molecule has 3 amide bonds. The average Bonchev–Trinajstić information content (AvgIpc) is 3.08. The Morgan fingerprint density at radius 1 is 1.23 bits per heavy atom. The van der Waals surface area contributed by atoms with Crippen LogP contribution >= 0.6 is 15.9 Å². The van der Waals surface area contributed by atoms with Crippen LogP contribution in [0.5, 0.6) is 0 Å². The van der Waals surface area contributed by atoms with E-state index in [1.54, 1.807) is 6.07 Å². The molecular formula is C23H27BrF3N5O3. The highest BCUT2D eigenvalue weighted by Crippen LogP contribution is 2.65. The number of likely N-dealkylation sites (tertiary alicyclic amines) is 1. The van der Waals surface area contributed by atoms with E-state index >= 15 is 0 Å². The third-order valence-corrected chi connectivity index (χ3v) is 7.31. The fourth-order valence-corrected chi connectivity index (χ4v) is 5.23. The second kappa shape index (κ2) is 9.08. The van der Waals surface area contributed by atoms with Gasteiger partial charge in [-0.05, 0) is 44.7 Å². The maximum atomic E-state index is 13.5. The Bertz CT molecular complexity index is 1080. The number of pyridine rings is 1. The van der Waals surface area contributed by atoms with Crippen molar-refractivity contribution in [3.05, 3.63) is 28.5 Å². The van der Waals surface area contributed by atoms with Gasteiger partial charge in [0, 0.05) is 29.0 Å². The van der Waals surface area contributed by atoms with Crippen LogP contribution in [0, 0.1) is 34.0 Å². The van der Waals surface area contributed by atoms with Gasteiger partial charge in [0.2, 0.25) is 11.8 Å². The van der Waals surface area contributed by atoms with Gasteiger partial charge in [-0.2, -0.15) is 18.4 Å². The van der Waals surface area contributed by atoms with Crippen LogP contribution in [0.3, 0.4) is 0 Å². The maximum absolute atomic E-state index is 13.5. The highest BCUT2D eigenvalue weighted by Gasteiger charge is 2.70. The molecule has 2 N–H and O–H groups in total. The van der Waals surface area contributed by atoms with Crippen molar-refractivity contribution in [2.45, 2.75) is 58.9 Å². The number of amides is 3. The topological polar surface area (TPSA) is 115 Å². The van der Waals surface area contributed by atoms with Crippen LogP contribution in [0.4, 0.5) is 13.2 Å². The minimum atomic E-state index is -5.16. The van der Waals surface area contributed by atoms with E-state index < -0.39 is 47.4 Å². The summed E-state index contributed by atoms with van der Waals surface area (Å²) < 4.78 is 39.4. The zero-order valence-electron chi connectivity index (χ0n) is 19.9. The predicted molar refractivity (Wildman–Crippen MR) is 122 cm³/mol. The summed E-state index contributed by atoms with van der Waals surface area (Å²) in [6, 6.07) is 0.0868. The summed E-state index contributed by atoms with van der Waals surface area (Å²) >= 11 is 3.27. The SMILES string of the molecule is CC(C)(C)[C@H](NC(=O)C(F)(F)F)C(=O)N1C[C@H]2[C@@H]([C@H]1C(=O)NC(C#N)c1cncc(Br)c1)C2(C)C. The molecule has 8 nitrogen and oxygen atoms in total. The van der Waals surface area contributed by atoms with Crippen LogP contribution in [0.2, 0.25) is 0 Å². The first-order chi connectivity index (χ1) is 16.0. The molecule has 3 rings (SSSR count). The fraction of sp³-hybridized carbons (Fsp3) is 0.609. The molecule has 12 heteroatoms. The standard InChI is InChI=1S/C23H27BrF3N5O3/c1-21(2,3)17(31-20(35)23(25,26)27)19(34)32-10-13-15(22(13,4)5)16(32)18(33)30-14(7-28)11-6-12(24)9-29-8-11/h6,8-9,13-17H,10H2,1-5H3,(H,30,33)(H,31,35)/t13-,14?,15-,16-,17+/m0/s1. The van der Waals surface area contributed by atoms with E-state index in [4.69, 9.17) is 0 Å². The summed E-state index contributed by atoms with van der Waals surface area (Å²) in [5.74, 6) is -3.84. The van der Waals surface area contributed by atoms with Crippen LogP contribution in [0.15, 0.2) is 22.9 Å². The molecule has 1 aliphatic heterocycles. The number of nitrogens with one attached hydrogen (secondary N) is 2. The first-order valence-corrected chi connectivity index (χ1v) is 11.8. The van der Waals surface area contributed by atoms with Crippen molar-refractivity contribution >= 4 is 33.7 Å². The third-order valence-electron chi connectivity index (χ3n) is 6.88. The first kappa shape index (κ1) is 26.9. The van der Waals surface area contributed by atoms with E-state index in [0.717, 1.165) is 0 Å². The van der Waals surface area contributed by atoms with Gasteiger partial charge in [-0.15, -0.1) is 0 Å². The lowest BCUT2D eigenvalue weighted by molar-refractivity contribution is -0.176. The van der Waals surface area contributed by atoms with Gasteiger partial charge in [0.15, 0.2) is 0 Å². The monoisotopic (exact) mass is 557 g/mol. The summed E-state index contributed by atoms with van der Waals surface area (Å²) in [6.45, 7) is 8.68. The fourth-order valence-electron chi connectivity index (χ4n) is 4.84. The molecule has 190 valence electrons. The quantitative estimate of drug-likeness (QED) is 0.577. The van der Waals surface area contributed by atoms with Gasteiger partial charge in [0.05, 0.1) is 6.07 Å². The lowest BCUT2D eigenvalue weighted by Crippen LogP contribution is -2.60. The molecule has 1 aliphatic carbocycles. The van der Waals surface area contributed by atoms with Gasteiger partial charge in [-0.25, -0.2) is 0 Å². The Morgan fingerprint density at radius 2 is 1.86 bits per heavy atom. The minimum Gasteiger partial charge on any atom is -0.336 e. The minimum absolute atomic E-state index is 0.0331. The molecule has 1 aromatic heterocycles. The number of nitriles is 1. The number of hydrogen-bond acceptors (Lipinski definition) is 5.